The molecule has 126 valence electrons. The fourth-order valence-electron chi connectivity index (χ4n) is 2.42. The van der Waals surface area contributed by atoms with Crippen molar-refractivity contribution in [1.29, 1.82) is 5.26 Å². The summed E-state index contributed by atoms with van der Waals surface area (Å²) < 4.78 is 0. The second-order valence-electron chi connectivity index (χ2n) is 5.50. The molecule has 1 aliphatic rings. The summed E-state index contributed by atoms with van der Waals surface area (Å²) in [4.78, 5) is 24.9. The number of carboxylic acid groups (broad SMARTS) is 1. The van der Waals surface area contributed by atoms with E-state index in [1.165, 1.54) is 12.3 Å². The molecular formula is C16H17ClN4O3. The van der Waals surface area contributed by atoms with Crippen LogP contribution in [0.5, 0.6) is 0 Å². The molecule has 8 heteroatoms. The number of aliphatic carboxylic acids is 1. The fourth-order valence-corrected chi connectivity index (χ4v) is 2.65. The van der Waals surface area contributed by atoms with Crippen LogP contribution in [0.4, 0.5) is 11.4 Å². The highest BCUT2D eigenvalue weighted by atomic mass is 35.5. The Morgan fingerprint density at radius 2 is 2.08 bits per heavy atom. The van der Waals surface area contributed by atoms with E-state index in [0.29, 0.717) is 37.3 Å². The summed E-state index contributed by atoms with van der Waals surface area (Å²) in [6.07, 6.45) is 2.42. The van der Waals surface area contributed by atoms with Crippen molar-refractivity contribution in [1.82, 2.24) is 4.90 Å². The van der Waals surface area contributed by atoms with Crippen molar-refractivity contribution in [3.8, 4) is 6.07 Å². The molecule has 1 heterocycles. The van der Waals surface area contributed by atoms with Crippen LogP contribution in [0.1, 0.15) is 12.8 Å². The molecule has 1 fully saturated rings. The van der Waals surface area contributed by atoms with Gasteiger partial charge in [-0.05, 0) is 31.0 Å². The van der Waals surface area contributed by atoms with Crippen LogP contribution < -0.4 is 11.1 Å². The molecule has 0 bridgehead atoms. The molecule has 0 spiro atoms. The minimum absolute atomic E-state index is 0.0725. The van der Waals surface area contributed by atoms with Gasteiger partial charge in [-0.3, -0.25) is 9.59 Å². The number of carbonyl (C=O) groups is 2. The highest BCUT2D eigenvalue weighted by molar-refractivity contribution is 6.34. The van der Waals surface area contributed by atoms with Gasteiger partial charge in [0.1, 0.15) is 11.6 Å². The van der Waals surface area contributed by atoms with E-state index < -0.39 is 11.9 Å². The number of nitrogens with zero attached hydrogens (tertiary/aromatic N) is 2. The van der Waals surface area contributed by atoms with Crippen molar-refractivity contribution in [2.45, 2.75) is 12.8 Å². The highest BCUT2D eigenvalue weighted by Crippen LogP contribution is 2.24. The van der Waals surface area contributed by atoms with Crippen LogP contribution >= 0.6 is 11.6 Å². The second-order valence-corrected chi connectivity index (χ2v) is 5.90. The molecule has 2 rings (SSSR count). The number of nitrogens with one attached hydrogen (secondary N) is 1. The second kappa shape index (κ2) is 7.70. The van der Waals surface area contributed by atoms with Gasteiger partial charge in [-0.2, -0.15) is 5.26 Å². The Morgan fingerprint density at radius 3 is 2.62 bits per heavy atom. The molecule has 1 aromatic rings. The van der Waals surface area contributed by atoms with Crippen molar-refractivity contribution in [2.24, 2.45) is 5.92 Å². The van der Waals surface area contributed by atoms with Crippen molar-refractivity contribution in [3.05, 3.63) is 35.0 Å². The molecule has 0 unspecified atom stereocenters. The lowest BCUT2D eigenvalue weighted by atomic mass is 9.97. The molecule has 0 aliphatic carbocycles. The van der Waals surface area contributed by atoms with Gasteiger partial charge < -0.3 is 21.1 Å². The Hall–Kier alpha value is -2.72. The summed E-state index contributed by atoms with van der Waals surface area (Å²) >= 11 is 6.00. The van der Waals surface area contributed by atoms with E-state index in [4.69, 9.17) is 22.4 Å². The van der Waals surface area contributed by atoms with E-state index >= 15 is 0 Å². The predicted octanol–water partition coefficient (Wildman–Crippen LogP) is 2.06. The summed E-state index contributed by atoms with van der Waals surface area (Å²) in [6.45, 7) is 0.968. The molecule has 1 saturated heterocycles. The first-order valence-electron chi connectivity index (χ1n) is 7.36. The van der Waals surface area contributed by atoms with E-state index in [2.05, 4.69) is 5.32 Å². The number of amides is 1. The molecule has 1 aliphatic heterocycles. The zero-order valence-electron chi connectivity index (χ0n) is 12.8. The number of hydrogen-bond acceptors (Lipinski definition) is 5. The Bertz CT molecular complexity index is 719. The Labute approximate surface area is 144 Å². The minimum Gasteiger partial charge on any atom is -0.481 e. The van der Waals surface area contributed by atoms with Crippen molar-refractivity contribution in [2.75, 3.05) is 24.1 Å². The topological polar surface area (TPSA) is 119 Å². The molecule has 1 amide bonds. The normalized spacial score (nSPS) is 15.7. The zero-order chi connectivity index (χ0) is 17.7. The molecule has 4 N–H and O–H groups in total. The van der Waals surface area contributed by atoms with Gasteiger partial charge in [0.05, 0.1) is 16.6 Å². The van der Waals surface area contributed by atoms with Crippen LogP contribution in [0.15, 0.2) is 30.0 Å². The third-order valence-electron chi connectivity index (χ3n) is 3.80. The standard InChI is InChI=1S/C16H17ClN4O3/c17-13-7-12(19)1-2-14(13)20-15(22)11(8-18)9-21-5-3-10(4-6-21)16(23)24/h1-2,7,9-10H,3-6,19H2,(H,20,22)(H,23,24)/b11-9-. The summed E-state index contributed by atoms with van der Waals surface area (Å²) in [5.74, 6) is -1.76. The molecule has 0 atom stereocenters. The molecule has 7 nitrogen and oxygen atoms in total. The first-order valence-corrected chi connectivity index (χ1v) is 7.73. The lowest BCUT2D eigenvalue weighted by Crippen LogP contribution is -2.33. The summed E-state index contributed by atoms with van der Waals surface area (Å²) in [6, 6.07) is 6.51. The van der Waals surface area contributed by atoms with E-state index in [9.17, 15) is 14.9 Å². The van der Waals surface area contributed by atoms with Gasteiger partial charge in [0.25, 0.3) is 5.91 Å². The number of carboxylic acids is 1. The number of nitrogens with two attached hydrogens (primary N) is 1. The van der Waals surface area contributed by atoms with Crippen LogP contribution in [0, 0.1) is 17.2 Å². The van der Waals surface area contributed by atoms with Crippen LogP contribution in [0.25, 0.3) is 0 Å². The number of nitrogen functional groups attached to an aromatic ring is 1. The summed E-state index contributed by atoms with van der Waals surface area (Å²) in [7, 11) is 0. The Balaban J connectivity index is 2.04. The predicted molar refractivity (Wildman–Crippen MR) is 90.1 cm³/mol. The van der Waals surface area contributed by atoms with E-state index in [-0.39, 0.29) is 16.5 Å². The van der Waals surface area contributed by atoms with Gasteiger partial charge in [-0.15, -0.1) is 0 Å². The number of halogens is 1. The molecule has 0 saturated carbocycles. The van der Waals surface area contributed by atoms with Crippen LogP contribution in [-0.4, -0.2) is 35.0 Å². The Morgan fingerprint density at radius 1 is 1.42 bits per heavy atom. The summed E-state index contributed by atoms with van der Waals surface area (Å²) in [5.41, 5.74) is 6.35. The van der Waals surface area contributed by atoms with Gasteiger partial charge in [0.15, 0.2) is 0 Å². The Kier molecular flexibility index (Phi) is 5.66. The number of likely N-dealkylation sites (tertiary alicyclic amines) is 1. The SMILES string of the molecule is N#C/C(=C/N1CCC(C(=O)O)CC1)C(=O)Nc1ccc(N)cc1Cl. The fraction of sp³-hybridized carbons (Fsp3) is 0.312. The van der Waals surface area contributed by atoms with Crippen molar-refractivity contribution >= 4 is 34.9 Å². The largest absolute Gasteiger partial charge is 0.481 e. The number of rotatable bonds is 4. The van der Waals surface area contributed by atoms with Crippen molar-refractivity contribution in [3.63, 3.8) is 0 Å². The maximum Gasteiger partial charge on any atom is 0.306 e. The van der Waals surface area contributed by atoms with Crippen LogP contribution in [0.3, 0.4) is 0 Å². The number of anilines is 2. The third kappa shape index (κ3) is 4.40. The van der Waals surface area contributed by atoms with E-state index in [1.54, 1.807) is 17.0 Å². The van der Waals surface area contributed by atoms with Gasteiger partial charge in [-0.1, -0.05) is 11.6 Å². The molecule has 0 aromatic heterocycles. The highest BCUT2D eigenvalue weighted by Gasteiger charge is 2.24. The average molecular weight is 349 g/mol. The number of benzene rings is 1. The quantitative estimate of drug-likeness (QED) is 0.435. The monoisotopic (exact) mass is 348 g/mol. The first kappa shape index (κ1) is 17.6. The lowest BCUT2D eigenvalue weighted by molar-refractivity contribution is -0.143. The average Bonchev–Trinajstić information content (AvgIpc) is 2.55. The van der Waals surface area contributed by atoms with Crippen LogP contribution in [-0.2, 0) is 9.59 Å². The number of hydrogen-bond donors (Lipinski definition) is 3. The van der Waals surface area contributed by atoms with Gasteiger partial charge in [-0.25, -0.2) is 0 Å². The zero-order valence-corrected chi connectivity index (χ0v) is 13.6. The van der Waals surface area contributed by atoms with Gasteiger partial charge in [0.2, 0.25) is 0 Å². The first-order chi connectivity index (χ1) is 11.4. The maximum atomic E-state index is 12.2. The molecule has 0 radical (unpaired) electrons. The molecule has 1 aromatic carbocycles. The van der Waals surface area contributed by atoms with Crippen molar-refractivity contribution < 1.29 is 14.7 Å². The minimum atomic E-state index is -0.810. The van der Waals surface area contributed by atoms with Crippen LogP contribution in [0.2, 0.25) is 5.02 Å². The van der Waals surface area contributed by atoms with E-state index in [0.717, 1.165) is 0 Å². The third-order valence-corrected chi connectivity index (χ3v) is 4.11. The number of piperidine rings is 1. The summed E-state index contributed by atoms with van der Waals surface area (Å²) in [5, 5.41) is 21.0. The molecule has 24 heavy (non-hydrogen) atoms. The number of nitriles is 1. The van der Waals surface area contributed by atoms with E-state index in [1.807, 2.05) is 6.07 Å². The van der Waals surface area contributed by atoms with Gasteiger partial charge in [0, 0.05) is 25.0 Å². The maximum absolute atomic E-state index is 12.2. The molecular weight excluding hydrogens is 332 g/mol. The number of carbonyl (C=O) groups excluding carboxylic acids is 1. The lowest BCUT2D eigenvalue weighted by Gasteiger charge is -2.29. The van der Waals surface area contributed by atoms with Gasteiger partial charge >= 0.3 is 5.97 Å². The smallest absolute Gasteiger partial charge is 0.306 e.